The van der Waals surface area contributed by atoms with Crippen molar-refractivity contribution >= 4 is 17.4 Å². The van der Waals surface area contributed by atoms with Gasteiger partial charge in [0.1, 0.15) is 10.6 Å². The Morgan fingerprint density at radius 1 is 1.28 bits per heavy atom. The minimum atomic E-state index is -0.433. The molecule has 0 unspecified atom stereocenters. The van der Waals surface area contributed by atoms with E-state index in [-0.39, 0.29) is 6.09 Å². The monoisotopic (exact) mass is 359 g/mol. The number of amides is 1. The molecular weight excluding hydrogens is 334 g/mol. The van der Waals surface area contributed by atoms with Crippen LogP contribution in [-0.2, 0) is 11.2 Å². The van der Waals surface area contributed by atoms with E-state index in [0.29, 0.717) is 5.92 Å². The van der Waals surface area contributed by atoms with E-state index in [2.05, 4.69) is 10.4 Å². The van der Waals surface area contributed by atoms with E-state index in [0.717, 1.165) is 48.6 Å². The van der Waals surface area contributed by atoms with E-state index < -0.39 is 5.60 Å². The molecule has 1 amide bonds. The highest BCUT2D eigenvalue weighted by molar-refractivity contribution is 7.13. The second-order valence-corrected chi connectivity index (χ2v) is 8.35. The molecule has 0 radical (unpaired) electrons. The zero-order valence-electron chi connectivity index (χ0n) is 15.1. The lowest BCUT2D eigenvalue weighted by Gasteiger charge is -2.33. The standard InChI is InChI=1S/C19H25N3O2S/c1-19(2,3)24-18(23)22-10-6-14(7-11-22)12-16-13-25-17(21-16)15-4-8-20-9-5-15/h4-5,8-9,13-14H,6-7,10-12H2,1-3H3. The summed E-state index contributed by atoms with van der Waals surface area (Å²) < 4.78 is 5.45. The van der Waals surface area contributed by atoms with Crippen molar-refractivity contribution < 1.29 is 9.53 Å². The van der Waals surface area contributed by atoms with Gasteiger partial charge in [0.2, 0.25) is 0 Å². The first kappa shape index (κ1) is 17.9. The summed E-state index contributed by atoms with van der Waals surface area (Å²) in [6, 6.07) is 3.98. The van der Waals surface area contributed by atoms with Gasteiger partial charge in [0.05, 0.1) is 5.69 Å². The summed E-state index contributed by atoms with van der Waals surface area (Å²) in [5.41, 5.74) is 1.83. The number of hydrogen-bond donors (Lipinski definition) is 0. The number of ether oxygens (including phenoxy) is 1. The van der Waals surface area contributed by atoms with Crippen molar-refractivity contribution in [3.63, 3.8) is 0 Å². The highest BCUT2D eigenvalue weighted by Crippen LogP contribution is 2.27. The van der Waals surface area contributed by atoms with Gasteiger partial charge in [0.15, 0.2) is 0 Å². The molecule has 0 aromatic carbocycles. The van der Waals surface area contributed by atoms with Crippen LogP contribution in [0.4, 0.5) is 4.79 Å². The van der Waals surface area contributed by atoms with Crippen molar-refractivity contribution in [2.45, 2.75) is 45.6 Å². The van der Waals surface area contributed by atoms with Gasteiger partial charge in [-0.1, -0.05) is 0 Å². The van der Waals surface area contributed by atoms with E-state index in [1.807, 2.05) is 37.8 Å². The summed E-state index contributed by atoms with van der Waals surface area (Å²) in [7, 11) is 0. The number of nitrogens with zero attached hydrogens (tertiary/aromatic N) is 3. The van der Waals surface area contributed by atoms with Crippen LogP contribution >= 0.6 is 11.3 Å². The summed E-state index contributed by atoms with van der Waals surface area (Å²) >= 11 is 1.68. The largest absolute Gasteiger partial charge is 0.444 e. The Labute approximate surface area is 153 Å². The van der Waals surface area contributed by atoms with Gasteiger partial charge in [-0.05, 0) is 58.1 Å². The third-order valence-electron chi connectivity index (χ3n) is 4.24. The van der Waals surface area contributed by atoms with Crippen molar-refractivity contribution in [1.82, 2.24) is 14.9 Å². The molecule has 25 heavy (non-hydrogen) atoms. The minimum absolute atomic E-state index is 0.195. The van der Waals surface area contributed by atoms with Gasteiger partial charge in [-0.25, -0.2) is 9.78 Å². The molecule has 2 aromatic heterocycles. The van der Waals surface area contributed by atoms with E-state index in [1.165, 1.54) is 0 Å². The van der Waals surface area contributed by atoms with Crippen LogP contribution < -0.4 is 0 Å². The van der Waals surface area contributed by atoms with Crippen LogP contribution in [-0.4, -0.2) is 39.7 Å². The van der Waals surface area contributed by atoms with E-state index in [4.69, 9.17) is 9.72 Å². The third-order valence-corrected chi connectivity index (χ3v) is 5.18. The lowest BCUT2D eigenvalue weighted by atomic mass is 9.92. The lowest BCUT2D eigenvalue weighted by Crippen LogP contribution is -2.42. The summed E-state index contributed by atoms with van der Waals surface area (Å²) in [6.07, 6.45) is 6.37. The average Bonchev–Trinajstić information content (AvgIpc) is 3.03. The third kappa shape index (κ3) is 5.01. The van der Waals surface area contributed by atoms with Crippen LogP contribution in [0, 0.1) is 5.92 Å². The lowest BCUT2D eigenvalue weighted by molar-refractivity contribution is 0.0184. The Kier molecular flexibility index (Phi) is 5.37. The topological polar surface area (TPSA) is 55.3 Å². The number of pyridine rings is 1. The van der Waals surface area contributed by atoms with Crippen molar-refractivity contribution in [2.75, 3.05) is 13.1 Å². The Balaban J connectivity index is 1.51. The zero-order chi connectivity index (χ0) is 17.9. The SMILES string of the molecule is CC(C)(C)OC(=O)N1CCC(Cc2csc(-c3ccncc3)n2)CC1. The van der Waals surface area contributed by atoms with Gasteiger partial charge < -0.3 is 9.64 Å². The Hall–Kier alpha value is -1.95. The summed E-state index contributed by atoms with van der Waals surface area (Å²) in [4.78, 5) is 22.8. The number of aromatic nitrogens is 2. The fraction of sp³-hybridized carbons (Fsp3) is 0.526. The van der Waals surface area contributed by atoms with Crippen molar-refractivity contribution in [3.05, 3.63) is 35.6 Å². The van der Waals surface area contributed by atoms with Crippen LogP contribution in [0.15, 0.2) is 29.9 Å². The molecule has 0 saturated carbocycles. The number of rotatable bonds is 3. The van der Waals surface area contributed by atoms with Gasteiger partial charge >= 0.3 is 6.09 Å². The molecule has 0 N–H and O–H groups in total. The number of likely N-dealkylation sites (tertiary alicyclic amines) is 1. The van der Waals surface area contributed by atoms with Crippen LogP contribution in [0.5, 0.6) is 0 Å². The van der Waals surface area contributed by atoms with E-state index in [9.17, 15) is 4.79 Å². The second-order valence-electron chi connectivity index (χ2n) is 7.49. The molecule has 1 aliphatic heterocycles. The molecular formula is C19H25N3O2S. The van der Waals surface area contributed by atoms with Crippen LogP contribution in [0.3, 0.4) is 0 Å². The quantitative estimate of drug-likeness (QED) is 0.815. The molecule has 0 aliphatic carbocycles. The first-order valence-corrected chi connectivity index (χ1v) is 9.61. The molecule has 0 spiro atoms. The first-order valence-electron chi connectivity index (χ1n) is 8.73. The fourth-order valence-corrected chi connectivity index (χ4v) is 3.81. The molecule has 0 bridgehead atoms. The van der Waals surface area contributed by atoms with Gasteiger partial charge in [-0.2, -0.15) is 0 Å². The van der Waals surface area contributed by atoms with E-state index in [1.54, 1.807) is 23.7 Å². The van der Waals surface area contributed by atoms with E-state index >= 15 is 0 Å². The maximum atomic E-state index is 12.1. The normalized spacial score (nSPS) is 16.0. The molecule has 6 heteroatoms. The molecule has 5 nitrogen and oxygen atoms in total. The summed E-state index contributed by atoms with van der Waals surface area (Å²) in [6.45, 7) is 7.24. The van der Waals surface area contributed by atoms with Crippen molar-refractivity contribution in [3.8, 4) is 10.6 Å². The Morgan fingerprint density at radius 3 is 2.60 bits per heavy atom. The number of carbonyl (C=O) groups excluding carboxylic acids is 1. The van der Waals surface area contributed by atoms with Crippen LogP contribution in [0.2, 0.25) is 0 Å². The Bertz CT molecular complexity index is 701. The predicted molar refractivity (Wildman–Crippen MR) is 99.6 cm³/mol. The van der Waals surface area contributed by atoms with Gasteiger partial charge in [-0.3, -0.25) is 4.98 Å². The first-order chi connectivity index (χ1) is 11.9. The van der Waals surface area contributed by atoms with Crippen molar-refractivity contribution in [1.29, 1.82) is 0 Å². The fourth-order valence-electron chi connectivity index (χ4n) is 2.97. The van der Waals surface area contributed by atoms with Gasteiger partial charge in [-0.15, -0.1) is 11.3 Å². The maximum absolute atomic E-state index is 12.1. The average molecular weight is 359 g/mol. The molecule has 3 rings (SSSR count). The molecule has 1 fully saturated rings. The minimum Gasteiger partial charge on any atom is -0.444 e. The predicted octanol–water partition coefficient (Wildman–Crippen LogP) is 4.39. The molecule has 134 valence electrons. The number of piperidine rings is 1. The summed E-state index contributed by atoms with van der Waals surface area (Å²) in [5.74, 6) is 0.575. The number of thiazole rings is 1. The smallest absolute Gasteiger partial charge is 0.410 e. The molecule has 2 aromatic rings. The van der Waals surface area contributed by atoms with Gasteiger partial charge in [0, 0.05) is 36.4 Å². The van der Waals surface area contributed by atoms with Crippen LogP contribution in [0.1, 0.15) is 39.3 Å². The molecule has 0 atom stereocenters. The molecule has 1 saturated heterocycles. The zero-order valence-corrected chi connectivity index (χ0v) is 15.9. The van der Waals surface area contributed by atoms with Crippen LogP contribution in [0.25, 0.3) is 10.6 Å². The van der Waals surface area contributed by atoms with Gasteiger partial charge in [0.25, 0.3) is 0 Å². The molecule has 3 heterocycles. The van der Waals surface area contributed by atoms with Crippen molar-refractivity contribution in [2.24, 2.45) is 5.92 Å². The summed E-state index contributed by atoms with van der Waals surface area (Å²) in [5, 5.41) is 3.19. The number of hydrogen-bond acceptors (Lipinski definition) is 5. The Morgan fingerprint density at radius 2 is 1.96 bits per heavy atom. The molecule has 1 aliphatic rings. The highest BCUT2D eigenvalue weighted by atomic mass is 32.1. The second kappa shape index (κ2) is 7.52. The maximum Gasteiger partial charge on any atom is 0.410 e. The highest BCUT2D eigenvalue weighted by Gasteiger charge is 2.27. The number of carbonyl (C=O) groups is 1.